The first-order valence-corrected chi connectivity index (χ1v) is 8.53. The van der Waals surface area contributed by atoms with Gasteiger partial charge in [0.25, 0.3) is 0 Å². The van der Waals surface area contributed by atoms with Crippen LogP contribution in [0.3, 0.4) is 0 Å². The molecule has 0 saturated heterocycles. The van der Waals surface area contributed by atoms with Crippen molar-refractivity contribution in [2.75, 3.05) is 25.5 Å². The monoisotopic (exact) mass is 355 g/mol. The molecule has 0 aliphatic heterocycles. The van der Waals surface area contributed by atoms with Gasteiger partial charge in [-0.05, 0) is 37.1 Å². The Kier molecular flexibility index (Phi) is 6.44. The van der Waals surface area contributed by atoms with Gasteiger partial charge in [0.05, 0.1) is 10.6 Å². The van der Waals surface area contributed by atoms with Crippen molar-refractivity contribution in [3.05, 3.63) is 64.7 Å². The first-order chi connectivity index (χ1) is 11.9. The lowest BCUT2D eigenvalue weighted by Crippen LogP contribution is -2.45. The minimum absolute atomic E-state index is 0.0218. The minimum atomic E-state index is -0.331. The van der Waals surface area contributed by atoms with Gasteiger partial charge in [-0.2, -0.15) is 5.26 Å². The van der Waals surface area contributed by atoms with Gasteiger partial charge in [-0.15, -0.1) is 0 Å². The Hall–Kier alpha value is -2.51. The molecule has 1 atom stereocenters. The van der Waals surface area contributed by atoms with Crippen LogP contribution >= 0.6 is 11.6 Å². The molecule has 2 aromatic rings. The SMILES string of the molecule is CC(C(=O)N(C)C)N(CCc1ccccc1)c1ccc(C#N)c(Cl)c1. The average Bonchev–Trinajstić information content (AvgIpc) is 2.62. The minimum Gasteiger partial charge on any atom is -0.359 e. The van der Waals surface area contributed by atoms with Gasteiger partial charge >= 0.3 is 0 Å². The summed E-state index contributed by atoms with van der Waals surface area (Å²) < 4.78 is 0. The van der Waals surface area contributed by atoms with Crippen LogP contribution in [0.25, 0.3) is 0 Å². The fourth-order valence-electron chi connectivity index (χ4n) is 2.72. The zero-order chi connectivity index (χ0) is 18.4. The maximum absolute atomic E-state index is 12.5. The number of nitriles is 1. The number of hydrogen-bond acceptors (Lipinski definition) is 3. The van der Waals surface area contributed by atoms with E-state index in [0.29, 0.717) is 17.1 Å². The van der Waals surface area contributed by atoms with E-state index in [1.54, 1.807) is 31.1 Å². The van der Waals surface area contributed by atoms with E-state index in [1.165, 1.54) is 5.56 Å². The van der Waals surface area contributed by atoms with Crippen LogP contribution in [-0.4, -0.2) is 37.5 Å². The summed E-state index contributed by atoms with van der Waals surface area (Å²) in [5, 5.41) is 9.46. The molecule has 1 unspecified atom stereocenters. The predicted octanol–water partition coefficient (Wildman–Crippen LogP) is 3.74. The summed E-state index contributed by atoms with van der Waals surface area (Å²) in [6, 6.07) is 17.2. The molecule has 2 aromatic carbocycles. The highest BCUT2D eigenvalue weighted by Crippen LogP contribution is 2.25. The van der Waals surface area contributed by atoms with Gasteiger partial charge in [-0.3, -0.25) is 4.79 Å². The number of anilines is 1. The Morgan fingerprint density at radius 1 is 1.20 bits per heavy atom. The van der Waals surface area contributed by atoms with Crippen molar-refractivity contribution in [2.24, 2.45) is 0 Å². The Balaban J connectivity index is 2.29. The van der Waals surface area contributed by atoms with E-state index in [0.717, 1.165) is 12.1 Å². The van der Waals surface area contributed by atoms with E-state index in [2.05, 4.69) is 18.2 Å². The van der Waals surface area contributed by atoms with Gasteiger partial charge in [-0.1, -0.05) is 41.9 Å². The molecule has 0 fully saturated rings. The molecule has 4 nitrogen and oxygen atoms in total. The Labute approximate surface area is 154 Å². The number of hydrogen-bond donors (Lipinski definition) is 0. The summed E-state index contributed by atoms with van der Waals surface area (Å²) in [6.07, 6.45) is 0.809. The molecule has 0 heterocycles. The summed E-state index contributed by atoms with van der Waals surface area (Å²) in [5.41, 5.74) is 2.47. The largest absolute Gasteiger partial charge is 0.359 e. The topological polar surface area (TPSA) is 47.3 Å². The first-order valence-electron chi connectivity index (χ1n) is 8.15. The van der Waals surface area contributed by atoms with Crippen LogP contribution in [0.1, 0.15) is 18.1 Å². The lowest BCUT2D eigenvalue weighted by molar-refractivity contribution is -0.129. The Morgan fingerprint density at radius 3 is 2.44 bits per heavy atom. The predicted molar refractivity (Wildman–Crippen MR) is 102 cm³/mol. The second kappa shape index (κ2) is 8.55. The third-order valence-corrected chi connectivity index (χ3v) is 4.47. The number of carbonyl (C=O) groups is 1. The van der Waals surface area contributed by atoms with Crippen molar-refractivity contribution < 1.29 is 4.79 Å². The molecule has 1 amide bonds. The maximum atomic E-state index is 12.5. The van der Waals surface area contributed by atoms with E-state index >= 15 is 0 Å². The quantitative estimate of drug-likeness (QED) is 0.793. The van der Waals surface area contributed by atoms with Crippen LogP contribution in [-0.2, 0) is 11.2 Å². The van der Waals surface area contributed by atoms with E-state index in [4.69, 9.17) is 16.9 Å². The van der Waals surface area contributed by atoms with Crippen molar-refractivity contribution in [1.82, 2.24) is 4.90 Å². The number of nitrogens with zero attached hydrogens (tertiary/aromatic N) is 3. The maximum Gasteiger partial charge on any atom is 0.244 e. The van der Waals surface area contributed by atoms with E-state index in [1.807, 2.05) is 36.1 Å². The zero-order valence-corrected chi connectivity index (χ0v) is 15.5. The van der Waals surface area contributed by atoms with Crippen molar-refractivity contribution in [3.63, 3.8) is 0 Å². The summed E-state index contributed by atoms with van der Waals surface area (Å²) >= 11 is 6.19. The number of rotatable bonds is 6. The summed E-state index contributed by atoms with van der Waals surface area (Å²) in [7, 11) is 3.50. The number of halogens is 1. The molecule has 0 aliphatic rings. The van der Waals surface area contributed by atoms with Gasteiger partial charge in [0.2, 0.25) is 5.91 Å². The molecule has 5 heteroatoms. The summed E-state index contributed by atoms with van der Waals surface area (Å²) in [4.78, 5) is 16.1. The molecule has 0 radical (unpaired) electrons. The van der Waals surface area contributed by atoms with E-state index in [-0.39, 0.29) is 11.9 Å². The van der Waals surface area contributed by atoms with Crippen LogP contribution in [0, 0.1) is 11.3 Å². The smallest absolute Gasteiger partial charge is 0.244 e. The lowest BCUT2D eigenvalue weighted by Gasteiger charge is -2.32. The van der Waals surface area contributed by atoms with Crippen molar-refractivity contribution in [3.8, 4) is 6.07 Å². The molecule has 25 heavy (non-hydrogen) atoms. The summed E-state index contributed by atoms with van der Waals surface area (Å²) in [5.74, 6) is 0.0218. The normalized spacial score (nSPS) is 11.5. The van der Waals surface area contributed by atoms with Gasteiger partial charge in [-0.25, -0.2) is 0 Å². The third-order valence-electron chi connectivity index (χ3n) is 4.15. The first kappa shape index (κ1) is 18.8. The number of carbonyl (C=O) groups excluding carboxylic acids is 1. The molecule has 2 rings (SSSR count). The highest BCUT2D eigenvalue weighted by molar-refractivity contribution is 6.32. The number of likely N-dealkylation sites (N-methyl/N-ethyl adjacent to an activating group) is 1. The van der Waals surface area contributed by atoms with E-state index < -0.39 is 0 Å². The molecular weight excluding hydrogens is 334 g/mol. The van der Waals surface area contributed by atoms with Crippen LogP contribution in [0.5, 0.6) is 0 Å². The number of benzene rings is 2. The highest BCUT2D eigenvalue weighted by Gasteiger charge is 2.23. The van der Waals surface area contributed by atoms with Gasteiger partial charge < -0.3 is 9.80 Å². The standard InChI is InChI=1S/C20H22ClN3O/c1-15(20(25)23(2)3)24(12-11-16-7-5-4-6-8-16)18-10-9-17(14-22)19(21)13-18/h4-10,13,15H,11-12H2,1-3H3. The van der Waals surface area contributed by atoms with Crippen molar-refractivity contribution in [1.29, 1.82) is 5.26 Å². The molecule has 130 valence electrons. The molecular formula is C20H22ClN3O. The molecule has 0 saturated carbocycles. The van der Waals surface area contributed by atoms with Crippen molar-refractivity contribution >= 4 is 23.2 Å². The molecule has 0 aromatic heterocycles. The fraction of sp³-hybridized carbons (Fsp3) is 0.300. The van der Waals surface area contributed by atoms with Gasteiger partial charge in [0.15, 0.2) is 0 Å². The lowest BCUT2D eigenvalue weighted by atomic mass is 10.1. The number of amides is 1. The van der Waals surface area contributed by atoms with Crippen LogP contribution in [0.2, 0.25) is 5.02 Å². The molecule has 0 aliphatic carbocycles. The average molecular weight is 356 g/mol. The zero-order valence-electron chi connectivity index (χ0n) is 14.7. The van der Waals surface area contributed by atoms with Crippen LogP contribution in [0.15, 0.2) is 48.5 Å². The van der Waals surface area contributed by atoms with Gasteiger partial charge in [0.1, 0.15) is 12.1 Å². The van der Waals surface area contributed by atoms with E-state index in [9.17, 15) is 4.79 Å². The Morgan fingerprint density at radius 2 is 1.88 bits per heavy atom. The highest BCUT2D eigenvalue weighted by atomic mass is 35.5. The van der Waals surface area contributed by atoms with Crippen LogP contribution in [0.4, 0.5) is 5.69 Å². The summed E-state index contributed by atoms with van der Waals surface area (Å²) in [6.45, 7) is 2.56. The third kappa shape index (κ3) is 4.74. The second-order valence-electron chi connectivity index (χ2n) is 6.11. The van der Waals surface area contributed by atoms with Gasteiger partial charge in [0, 0.05) is 26.3 Å². The fourth-order valence-corrected chi connectivity index (χ4v) is 2.94. The Bertz CT molecular complexity index is 768. The molecule has 0 bridgehead atoms. The van der Waals surface area contributed by atoms with Crippen molar-refractivity contribution in [2.45, 2.75) is 19.4 Å². The second-order valence-corrected chi connectivity index (χ2v) is 6.52. The molecule has 0 spiro atoms. The van der Waals surface area contributed by atoms with Crippen LogP contribution < -0.4 is 4.90 Å². The molecule has 0 N–H and O–H groups in total.